The molecule has 1 N–H and O–H groups in total. The van der Waals surface area contributed by atoms with Crippen LogP contribution in [0.15, 0.2) is 24.3 Å². The third-order valence-corrected chi connectivity index (χ3v) is 3.78. The van der Waals surface area contributed by atoms with Gasteiger partial charge in [-0.15, -0.1) is 0 Å². The lowest BCUT2D eigenvalue weighted by Gasteiger charge is -2.33. The monoisotopic (exact) mass is 260 g/mol. The van der Waals surface area contributed by atoms with Crippen molar-refractivity contribution in [2.75, 3.05) is 18.0 Å². The molecule has 0 bridgehead atoms. The second kappa shape index (κ2) is 5.96. The number of hydrogen-bond acceptors (Lipinski definition) is 2. The van der Waals surface area contributed by atoms with Gasteiger partial charge in [0.2, 0.25) is 0 Å². The summed E-state index contributed by atoms with van der Waals surface area (Å²) in [4.78, 5) is 2.52. The Hall–Kier alpha value is -1.02. The maximum Gasteiger partial charge on any atom is 0.0366 e. The van der Waals surface area contributed by atoms with Crippen LogP contribution in [0, 0.1) is 5.92 Å². The van der Waals surface area contributed by atoms with Crippen LogP contribution in [-0.2, 0) is 6.54 Å². The first kappa shape index (κ1) is 14.4. The van der Waals surface area contributed by atoms with Crippen molar-refractivity contribution < 1.29 is 0 Å². The Kier molecular flexibility index (Phi) is 4.51. The van der Waals surface area contributed by atoms with Gasteiger partial charge in [-0.2, -0.15) is 0 Å². The quantitative estimate of drug-likeness (QED) is 0.889. The molecule has 2 nitrogen and oxygen atoms in total. The van der Waals surface area contributed by atoms with Gasteiger partial charge in [-0.3, -0.25) is 0 Å². The molecule has 0 aliphatic carbocycles. The summed E-state index contributed by atoms with van der Waals surface area (Å²) in [6.45, 7) is 12.3. The predicted molar refractivity (Wildman–Crippen MR) is 83.6 cm³/mol. The molecule has 1 aromatic rings. The van der Waals surface area contributed by atoms with Gasteiger partial charge in [0.25, 0.3) is 0 Å². The molecule has 1 fully saturated rings. The second-order valence-corrected chi connectivity index (χ2v) is 6.96. The molecule has 1 unspecified atom stereocenters. The van der Waals surface area contributed by atoms with E-state index in [4.69, 9.17) is 0 Å². The molecule has 2 heteroatoms. The van der Waals surface area contributed by atoms with Crippen molar-refractivity contribution in [2.24, 2.45) is 5.92 Å². The highest BCUT2D eigenvalue weighted by Crippen LogP contribution is 2.23. The largest absolute Gasteiger partial charge is 0.371 e. The Morgan fingerprint density at radius 3 is 2.47 bits per heavy atom. The molecule has 0 aromatic heterocycles. The molecular formula is C17H28N2. The summed E-state index contributed by atoms with van der Waals surface area (Å²) in [5, 5.41) is 3.53. The smallest absolute Gasteiger partial charge is 0.0366 e. The fourth-order valence-corrected chi connectivity index (χ4v) is 2.62. The van der Waals surface area contributed by atoms with Crippen LogP contribution >= 0.6 is 0 Å². The first-order chi connectivity index (χ1) is 8.94. The van der Waals surface area contributed by atoms with Crippen LogP contribution in [0.4, 0.5) is 5.69 Å². The topological polar surface area (TPSA) is 15.3 Å². The van der Waals surface area contributed by atoms with Gasteiger partial charge in [0, 0.05) is 30.9 Å². The van der Waals surface area contributed by atoms with Gasteiger partial charge < -0.3 is 10.2 Å². The van der Waals surface area contributed by atoms with Crippen LogP contribution in [0.1, 0.15) is 46.1 Å². The Morgan fingerprint density at radius 1 is 1.21 bits per heavy atom. The Morgan fingerprint density at radius 2 is 1.89 bits per heavy atom. The number of nitrogens with zero attached hydrogens (tertiary/aromatic N) is 1. The molecule has 1 aliphatic rings. The minimum atomic E-state index is 0.182. The predicted octanol–water partition coefficient (Wildman–Crippen LogP) is 3.81. The van der Waals surface area contributed by atoms with Crippen molar-refractivity contribution in [3.05, 3.63) is 29.8 Å². The standard InChI is InChI=1S/C17H28N2/c1-14-6-5-11-19(13-14)16-9-7-15(8-10-16)12-18-17(2,3)4/h7-10,14,18H,5-6,11-13H2,1-4H3. The summed E-state index contributed by atoms with van der Waals surface area (Å²) in [5.41, 5.74) is 2.93. The summed E-state index contributed by atoms with van der Waals surface area (Å²) < 4.78 is 0. The molecule has 1 atom stereocenters. The number of piperidine rings is 1. The van der Waals surface area contributed by atoms with E-state index in [1.165, 1.54) is 37.2 Å². The first-order valence-corrected chi connectivity index (χ1v) is 7.53. The van der Waals surface area contributed by atoms with Crippen LogP contribution in [0.2, 0.25) is 0 Å². The molecule has 0 radical (unpaired) electrons. The molecular weight excluding hydrogens is 232 g/mol. The Balaban J connectivity index is 1.94. The molecule has 1 heterocycles. The molecule has 0 spiro atoms. The van der Waals surface area contributed by atoms with E-state index in [0.717, 1.165) is 12.5 Å². The lowest BCUT2D eigenvalue weighted by molar-refractivity contribution is 0.424. The van der Waals surface area contributed by atoms with Crippen molar-refractivity contribution in [3.8, 4) is 0 Å². The molecule has 0 amide bonds. The zero-order chi connectivity index (χ0) is 13.9. The van der Waals surface area contributed by atoms with Crippen molar-refractivity contribution in [1.82, 2.24) is 5.32 Å². The van der Waals surface area contributed by atoms with Crippen LogP contribution < -0.4 is 10.2 Å². The minimum absolute atomic E-state index is 0.182. The molecule has 1 aliphatic heterocycles. The first-order valence-electron chi connectivity index (χ1n) is 7.53. The number of nitrogens with one attached hydrogen (secondary N) is 1. The van der Waals surface area contributed by atoms with Gasteiger partial charge in [-0.25, -0.2) is 0 Å². The third kappa shape index (κ3) is 4.54. The highest BCUT2D eigenvalue weighted by molar-refractivity contribution is 5.48. The van der Waals surface area contributed by atoms with Gasteiger partial charge in [0.05, 0.1) is 0 Å². The van der Waals surface area contributed by atoms with E-state index in [1.54, 1.807) is 0 Å². The molecule has 0 saturated carbocycles. The average Bonchev–Trinajstić information content (AvgIpc) is 2.36. The van der Waals surface area contributed by atoms with Crippen molar-refractivity contribution in [1.29, 1.82) is 0 Å². The average molecular weight is 260 g/mol. The maximum atomic E-state index is 3.53. The Bertz CT molecular complexity index is 389. The molecule has 1 aromatic carbocycles. The van der Waals surface area contributed by atoms with Crippen LogP contribution in [0.5, 0.6) is 0 Å². The lowest BCUT2D eigenvalue weighted by atomic mass is 9.99. The molecule has 106 valence electrons. The van der Waals surface area contributed by atoms with Crippen LogP contribution in [0.3, 0.4) is 0 Å². The van der Waals surface area contributed by atoms with Crippen molar-refractivity contribution >= 4 is 5.69 Å². The highest BCUT2D eigenvalue weighted by Gasteiger charge is 2.16. The Labute approximate surface area is 118 Å². The summed E-state index contributed by atoms with van der Waals surface area (Å²) >= 11 is 0. The van der Waals surface area contributed by atoms with Gasteiger partial charge in [0.15, 0.2) is 0 Å². The number of anilines is 1. The maximum absolute atomic E-state index is 3.53. The third-order valence-electron chi connectivity index (χ3n) is 3.78. The summed E-state index contributed by atoms with van der Waals surface area (Å²) in [6.07, 6.45) is 2.71. The van der Waals surface area contributed by atoms with Crippen LogP contribution in [0.25, 0.3) is 0 Å². The van der Waals surface area contributed by atoms with E-state index in [2.05, 4.69) is 62.2 Å². The van der Waals surface area contributed by atoms with Crippen molar-refractivity contribution in [2.45, 2.75) is 52.6 Å². The van der Waals surface area contributed by atoms with E-state index in [0.29, 0.717) is 0 Å². The van der Waals surface area contributed by atoms with Crippen molar-refractivity contribution in [3.63, 3.8) is 0 Å². The second-order valence-electron chi connectivity index (χ2n) is 6.96. The van der Waals surface area contributed by atoms with E-state index in [-0.39, 0.29) is 5.54 Å². The summed E-state index contributed by atoms with van der Waals surface area (Å²) in [5.74, 6) is 0.830. The number of hydrogen-bond donors (Lipinski definition) is 1. The SMILES string of the molecule is CC1CCCN(c2ccc(CNC(C)(C)C)cc2)C1. The lowest BCUT2D eigenvalue weighted by Crippen LogP contribution is -2.35. The number of rotatable bonds is 3. The van der Waals surface area contributed by atoms with Gasteiger partial charge in [-0.05, 0) is 57.2 Å². The van der Waals surface area contributed by atoms with E-state index >= 15 is 0 Å². The fraction of sp³-hybridized carbons (Fsp3) is 0.647. The zero-order valence-corrected chi connectivity index (χ0v) is 12.9. The van der Waals surface area contributed by atoms with E-state index in [9.17, 15) is 0 Å². The van der Waals surface area contributed by atoms with Gasteiger partial charge in [-0.1, -0.05) is 19.1 Å². The van der Waals surface area contributed by atoms with E-state index < -0.39 is 0 Å². The highest BCUT2D eigenvalue weighted by atomic mass is 15.1. The summed E-state index contributed by atoms with van der Waals surface area (Å²) in [6, 6.07) is 9.07. The van der Waals surface area contributed by atoms with Gasteiger partial charge >= 0.3 is 0 Å². The number of benzene rings is 1. The molecule has 2 rings (SSSR count). The molecule has 1 saturated heterocycles. The van der Waals surface area contributed by atoms with E-state index in [1.807, 2.05) is 0 Å². The zero-order valence-electron chi connectivity index (χ0n) is 12.9. The fourth-order valence-electron chi connectivity index (χ4n) is 2.62. The van der Waals surface area contributed by atoms with Gasteiger partial charge in [0.1, 0.15) is 0 Å². The normalized spacial score (nSPS) is 20.6. The molecule has 19 heavy (non-hydrogen) atoms. The summed E-state index contributed by atoms with van der Waals surface area (Å²) in [7, 11) is 0. The van der Waals surface area contributed by atoms with Crippen LogP contribution in [-0.4, -0.2) is 18.6 Å². The minimum Gasteiger partial charge on any atom is -0.371 e.